The average Bonchev–Trinajstić information content (AvgIpc) is 2.77. The van der Waals surface area contributed by atoms with Crippen molar-refractivity contribution in [3.8, 4) is 0 Å². The molecule has 14 heavy (non-hydrogen) atoms. The molecule has 2 rings (SSSR count). The number of hydrogen-bond acceptors (Lipinski definition) is 0. The van der Waals surface area contributed by atoms with Gasteiger partial charge in [0.1, 0.15) is 0 Å². The van der Waals surface area contributed by atoms with Gasteiger partial charge in [0.25, 0.3) is 0 Å². The third-order valence-corrected chi connectivity index (χ3v) is 1.89. The molecule has 0 spiro atoms. The van der Waals surface area contributed by atoms with Crippen molar-refractivity contribution in [3.63, 3.8) is 0 Å². The zero-order chi connectivity index (χ0) is 9.36. The van der Waals surface area contributed by atoms with E-state index < -0.39 is 0 Å². The van der Waals surface area contributed by atoms with Crippen molar-refractivity contribution in [2.24, 2.45) is 0 Å². The van der Waals surface area contributed by atoms with E-state index in [1.165, 1.54) is 5.56 Å². The molecule has 0 fully saturated rings. The molecule has 1 aliphatic rings. The largest absolute Gasteiger partial charge is 0.273 e. The van der Waals surface area contributed by atoms with Crippen LogP contribution in [-0.2, 0) is 32.1 Å². The van der Waals surface area contributed by atoms with Gasteiger partial charge in [0.05, 0.1) is 0 Å². The quantitative estimate of drug-likeness (QED) is 0.544. The maximum atomic E-state index is 5.53. The molecule has 0 saturated carbocycles. The van der Waals surface area contributed by atoms with Crippen LogP contribution in [0.4, 0.5) is 0 Å². The molecule has 0 unspecified atom stereocenters. The average molecular weight is 283 g/mol. The van der Waals surface area contributed by atoms with Crippen LogP contribution in [0.25, 0.3) is 0 Å². The first kappa shape index (κ1) is 13.9. The SMILES string of the molecule is ClCc1ccccc1.[C-]1=CC=CC1.[Zr]. The zero-order valence-corrected chi connectivity index (χ0v) is 11.1. The second-order valence-corrected chi connectivity index (χ2v) is 2.89. The Hall–Kier alpha value is -0.127. The smallest absolute Gasteiger partial charge is 0.0474 e. The summed E-state index contributed by atoms with van der Waals surface area (Å²) in [5.74, 6) is 0.612. The first-order valence-corrected chi connectivity index (χ1v) is 4.78. The Bertz CT molecular complexity index is 268. The summed E-state index contributed by atoms with van der Waals surface area (Å²) in [6.45, 7) is 0. The van der Waals surface area contributed by atoms with E-state index >= 15 is 0 Å². The number of hydrogen-bond donors (Lipinski definition) is 0. The van der Waals surface area contributed by atoms with Crippen LogP contribution < -0.4 is 0 Å². The molecule has 0 N–H and O–H groups in total. The van der Waals surface area contributed by atoms with E-state index in [0.29, 0.717) is 5.88 Å². The molecule has 0 amide bonds. The molecular weight excluding hydrogens is 271 g/mol. The number of alkyl halides is 1. The van der Waals surface area contributed by atoms with Gasteiger partial charge in [-0.15, -0.1) is 18.0 Å². The Morgan fingerprint density at radius 2 is 1.93 bits per heavy atom. The molecular formula is C12H12ClZr-. The fourth-order valence-electron chi connectivity index (χ4n) is 0.907. The van der Waals surface area contributed by atoms with Crippen LogP contribution >= 0.6 is 11.6 Å². The predicted octanol–water partition coefficient (Wildman–Crippen LogP) is 3.73. The summed E-state index contributed by atoms with van der Waals surface area (Å²) >= 11 is 5.53. The molecule has 0 radical (unpaired) electrons. The summed E-state index contributed by atoms with van der Waals surface area (Å²) in [6, 6.07) is 9.96. The van der Waals surface area contributed by atoms with Crippen molar-refractivity contribution in [2.45, 2.75) is 12.3 Å². The molecule has 0 heterocycles. The minimum Gasteiger partial charge on any atom is -0.273 e. The Kier molecular flexibility index (Phi) is 9.34. The molecule has 1 aromatic carbocycles. The second-order valence-electron chi connectivity index (χ2n) is 2.62. The van der Waals surface area contributed by atoms with Crippen LogP contribution in [0.2, 0.25) is 0 Å². The Morgan fingerprint density at radius 1 is 1.21 bits per heavy atom. The molecule has 0 aliphatic heterocycles. The number of allylic oxidation sites excluding steroid dienone is 4. The summed E-state index contributed by atoms with van der Waals surface area (Å²) < 4.78 is 0. The van der Waals surface area contributed by atoms with E-state index in [9.17, 15) is 0 Å². The van der Waals surface area contributed by atoms with Gasteiger partial charge < -0.3 is 0 Å². The zero-order valence-electron chi connectivity index (χ0n) is 7.91. The fourth-order valence-corrected chi connectivity index (χ4v) is 1.09. The summed E-state index contributed by atoms with van der Waals surface area (Å²) in [5, 5.41) is 0. The van der Waals surface area contributed by atoms with Crippen LogP contribution in [0.5, 0.6) is 0 Å². The maximum Gasteiger partial charge on any atom is 0.0474 e. The molecule has 2 heteroatoms. The van der Waals surface area contributed by atoms with Crippen molar-refractivity contribution in [2.75, 3.05) is 0 Å². The molecule has 1 aliphatic carbocycles. The molecule has 0 bridgehead atoms. The molecule has 0 atom stereocenters. The second kappa shape index (κ2) is 9.43. The van der Waals surface area contributed by atoms with Crippen molar-refractivity contribution in [3.05, 3.63) is 60.2 Å². The number of benzene rings is 1. The van der Waals surface area contributed by atoms with Crippen molar-refractivity contribution >= 4 is 11.6 Å². The first-order chi connectivity index (χ1) is 6.43. The van der Waals surface area contributed by atoms with Crippen molar-refractivity contribution < 1.29 is 26.2 Å². The van der Waals surface area contributed by atoms with Gasteiger partial charge in [-0.2, -0.15) is 6.08 Å². The van der Waals surface area contributed by atoms with Crippen LogP contribution in [0.1, 0.15) is 12.0 Å². The van der Waals surface area contributed by atoms with E-state index in [-0.39, 0.29) is 26.2 Å². The van der Waals surface area contributed by atoms with Crippen molar-refractivity contribution in [1.82, 2.24) is 0 Å². The van der Waals surface area contributed by atoms with Gasteiger partial charge >= 0.3 is 0 Å². The van der Waals surface area contributed by atoms with Crippen LogP contribution in [0.15, 0.2) is 48.6 Å². The van der Waals surface area contributed by atoms with Crippen LogP contribution in [0.3, 0.4) is 0 Å². The number of rotatable bonds is 1. The summed E-state index contributed by atoms with van der Waals surface area (Å²) in [7, 11) is 0. The summed E-state index contributed by atoms with van der Waals surface area (Å²) in [6.07, 6.45) is 10.0. The standard InChI is InChI=1S/C7H7Cl.C5H5.Zr/c8-6-7-4-2-1-3-5-7;1-2-4-5-3-1;/h1-5H,6H2;1-3H,4H2;/q;-1;. The first-order valence-electron chi connectivity index (χ1n) is 4.25. The molecule has 72 valence electrons. The van der Waals surface area contributed by atoms with E-state index in [2.05, 4.69) is 12.2 Å². The Morgan fingerprint density at radius 3 is 2.21 bits per heavy atom. The van der Waals surface area contributed by atoms with E-state index in [1.54, 1.807) is 0 Å². The molecule has 0 nitrogen and oxygen atoms in total. The van der Waals surface area contributed by atoms with Gasteiger partial charge in [0.15, 0.2) is 0 Å². The third-order valence-electron chi connectivity index (χ3n) is 1.58. The van der Waals surface area contributed by atoms with E-state index in [4.69, 9.17) is 11.6 Å². The van der Waals surface area contributed by atoms with Gasteiger partial charge in [-0.05, 0) is 5.56 Å². The Labute approximate surface area is 110 Å². The normalized spacial score (nSPS) is 11.5. The minimum atomic E-state index is 0. The van der Waals surface area contributed by atoms with Gasteiger partial charge in [0, 0.05) is 32.1 Å². The van der Waals surface area contributed by atoms with Gasteiger partial charge in [-0.1, -0.05) is 30.3 Å². The summed E-state index contributed by atoms with van der Waals surface area (Å²) in [4.78, 5) is 0. The third kappa shape index (κ3) is 6.35. The molecule has 0 saturated heterocycles. The molecule has 1 aromatic rings. The van der Waals surface area contributed by atoms with E-state index in [1.807, 2.05) is 42.5 Å². The summed E-state index contributed by atoms with van der Waals surface area (Å²) in [5.41, 5.74) is 1.18. The van der Waals surface area contributed by atoms with Gasteiger partial charge in [-0.25, -0.2) is 12.2 Å². The van der Waals surface area contributed by atoms with Crippen LogP contribution in [-0.4, -0.2) is 0 Å². The maximum absolute atomic E-state index is 5.53. The molecule has 0 aromatic heterocycles. The van der Waals surface area contributed by atoms with Gasteiger partial charge in [-0.3, -0.25) is 6.08 Å². The fraction of sp³-hybridized carbons (Fsp3) is 0.167. The predicted molar refractivity (Wildman–Crippen MR) is 57.6 cm³/mol. The topological polar surface area (TPSA) is 0 Å². The Balaban J connectivity index is 0.000000246. The van der Waals surface area contributed by atoms with Gasteiger partial charge in [0.2, 0.25) is 0 Å². The minimum absolute atomic E-state index is 0. The van der Waals surface area contributed by atoms with Crippen molar-refractivity contribution in [1.29, 1.82) is 0 Å². The monoisotopic (exact) mass is 281 g/mol. The van der Waals surface area contributed by atoms with Crippen LogP contribution in [0, 0.1) is 6.08 Å². The number of halogens is 1. The van der Waals surface area contributed by atoms with E-state index in [0.717, 1.165) is 6.42 Å².